The van der Waals surface area contributed by atoms with Gasteiger partial charge in [-0.1, -0.05) is 39.0 Å². The van der Waals surface area contributed by atoms with Crippen LogP contribution in [0, 0.1) is 13.8 Å². The molecule has 0 fully saturated rings. The monoisotopic (exact) mass is 392 g/mol. The number of carbonyl (C=O) groups excluding carboxylic acids is 1. The molecular weight excluding hydrogens is 364 g/mol. The van der Waals surface area contributed by atoms with Gasteiger partial charge in [-0.05, 0) is 31.9 Å². The number of aromatic nitrogens is 2. The number of nitrogens with one attached hydrogen (secondary N) is 1. The van der Waals surface area contributed by atoms with Gasteiger partial charge in [0, 0.05) is 18.8 Å². The quantitative estimate of drug-likeness (QED) is 0.749. The van der Waals surface area contributed by atoms with E-state index >= 15 is 0 Å². The molecule has 1 aromatic carbocycles. The smallest absolute Gasteiger partial charge is 0.246 e. The summed E-state index contributed by atoms with van der Waals surface area (Å²) >= 11 is 0. The number of rotatable bonds is 8. The average molecular weight is 393 g/mol. The first kappa shape index (κ1) is 21.1. The second-order valence-electron chi connectivity index (χ2n) is 6.31. The molecule has 0 unspecified atom stereocenters. The van der Waals surface area contributed by atoms with E-state index in [4.69, 9.17) is 0 Å². The molecule has 0 bridgehead atoms. The minimum atomic E-state index is -3.63. The highest BCUT2D eigenvalue weighted by atomic mass is 32.2. The molecule has 0 aliphatic heterocycles. The van der Waals surface area contributed by atoms with Crippen LogP contribution in [0.4, 0.5) is 5.69 Å². The summed E-state index contributed by atoms with van der Waals surface area (Å²) in [5.41, 5.74) is 2.69. The molecule has 148 valence electrons. The summed E-state index contributed by atoms with van der Waals surface area (Å²) in [5.74, 6) is -0.242. The van der Waals surface area contributed by atoms with E-state index in [-0.39, 0.29) is 17.3 Å². The van der Waals surface area contributed by atoms with Crippen molar-refractivity contribution in [3.63, 3.8) is 0 Å². The highest BCUT2D eigenvalue weighted by molar-refractivity contribution is 7.89. The van der Waals surface area contributed by atoms with Crippen LogP contribution in [-0.4, -0.2) is 41.5 Å². The molecule has 0 saturated carbocycles. The van der Waals surface area contributed by atoms with E-state index in [0.29, 0.717) is 24.5 Å². The summed E-state index contributed by atoms with van der Waals surface area (Å²) in [5, 5.41) is 7.19. The highest BCUT2D eigenvalue weighted by Crippen LogP contribution is 2.23. The fraction of sp³-hybridized carbons (Fsp3) is 0.474. The van der Waals surface area contributed by atoms with E-state index in [1.165, 1.54) is 8.99 Å². The van der Waals surface area contributed by atoms with E-state index in [1.807, 2.05) is 31.2 Å². The Bertz CT molecular complexity index is 915. The zero-order valence-electron chi connectivity index (χ0n) is 16.6. The Kier molecular flexibility index (Phi) is 6.78. The minimum Gasteiger partial charge on any atom is -0.324 e. The van der Waals surface area contributed by atoms with Gasteiger partial charge in [0.15, 0.2) is 0 Å². The summed E-state index contributed by atoms with van der Waals surface area (Å²) in [7, 11) is -3.63. The zero-order valence-corrected chi connectivity index (χ0v) is 17.4. The fourth-order valence-electron chi connectivity index (χ4n) is 3.18. The number of sulfonamides is 1. The normalized spacial score (nSPS) is 11.8. The Morgan fingerprint density at radius 3 is 2.37 bits per heavy atom. The number of para-hydroxylation sites is 1. The first-order valence-electron chi connectivity index (χ1n) is 9.18. The van der Waals surface area contributed by atoms with Gasteiger partial charge in [-0.3, -0.25) is 9.48 Å². The lowest BCUT2D eigenvalue weighted by molar-refractivity contribution is -0.116. The Morgan fingerprint density at radius 1 is 1.15 bits per heavy atom. The van der Waals surface area contributed by atoms with E-state index in [1.54, 1.807) is 27.7 Å². The minimum absolute atomic E-state index is 0.0432. The largest absolute Gasteiger partial charge is 0.324 e. The van der Waals surface area contributed by atoms with Crippen molar-refractivity contribution in [2.24, 2.45) is 0 Å². The van der Waals surface area contributed by atoms with Crippen LogP contribution in [0.15, 0.2) is 29.2 Å². The second kappa shape index (κ2) is 8.67. The summed E-state index contributed by atoms with van der Waals surface area (Å²) in [4.78, 5) is 12.7. The third-order valence-electron chi connectivity index (χ3n) is 4.58. The predicted octanol–water partition coefficient (Wildman–Crippen LogP) is 2.73. The van der Waals surface area contributed by atoms with Crippen molar-refractivity contribution in [1.29, 1.82) is 0 Å². The summed E-state index contributed by atoms with van der Waals surface area (Å²) < 4.78 is 28.6. The molecule has 0 atom stereocenters. The van der Waals surface area contributed by atoms with Gasteiger partial charge in [-0.15, -0.1) is 0 Å². The van der Waals surface area contributed by atoms with Gasteiger partial charge in [-0.2, -0.15) is 9.40 Å². The molecule has 8 heteroatoms. The first-order valence-corrected chi connectivity index (χ1v) is 10.6. The van der Waals surface area contributed by atoms with Crippen molar-refractivity contribution in [2.45, 2.75) is 52.5 Å². The van der Waals surface area contributed by atoms with Crippen LogP contribution in [0.3, 0.4) is 0 Å². The van der Waals surface area contributed by atoms with Gasteiger partial charge in [0.1, 0.15) is 11.4 Å². The first-order chi connectivity index (χ1) is 12.8. The van der Waals surface area contributed by atoms with Gasteiger partial charge in [-0.25, -0.2) is 8.42 Å². The number of nitrogens with zero attached hydrogens (tertiary/aromatic N) is 3. The fourth-order valence-corrected chi connectivity index (χ4v) is 5.01. The zero-order chi connectivity index (χ0) is 20.2. The number of hydrogen-bond donors (Lipinski definition) is 1. The van der Waals surface area contributed by atoms with Crippen molar-refractivity contribution in [3.8, 4) is 0 Å². The molecule has 27 heavy (non-hydrogen) atoms. The summed E-state index contributed by atoms with van der Waals surface area (Å²) in [6.45, 7) is 9.69. The SMILES string of the molecule is CCc1ccccc1NC(=O)Cn1nc(C)c(S(=O)(=O)N(CC)CC)c1C. The number of benzene rings is 1. The molecular formula is C19H28N4O3S. The third kappa shape index (κ3) is 4.39. The van der Waals surface area contributed by atoms with E-state index in [0.717, 1.165) is 17.7 Å². The lowest BCUT2D eigenvalue weighted by atomic mass is 10.1. The Balaban J connectivity index is 2.27. The molecule has 0 aliphatic carbocycles. The van der Waals surface area contributed by atoms with Crippen LogP contribution in [0.2, 0.25) is 0 Å². The summed E-state index contributed by atoms with van der Waals surface area (Å²) in [6, 6.07) is 7.62. The second-order valence-corrected chi connectivity index (χ2v) is 8.18. The van der Waals surface area contributed by atoms with Crippen molar-refractivity contribution < 1.29 is 13.2 Å². The molecule has 1 heterocycles. The number of carbonyl (C=O) groups is 1. The van der Waals surface area contributed by atoms with Gasteiger partial charge in [0.05, 0.1) is 11.4 Å². The lowest BCUT2D eigenvalue weighted by Crippen LogP contribution is -2.31. The maximum absolute atomic E-state index is 12.9. The van der Waals surface area contributed by atoms with E-state index in [2.05, 4.69) is 10.4 Å². The Morgan fingerprint density at radius 2 is 1.78 bits per heavy atom. The number of amides is 1. The molecule has 2 aromatic rings. The van der Waals surface area contributed by atoms with Crippen molar-refractivity contribution in [2.75, 3.05) is 18.4 Å². The van der Waals surface area contributed by atoms with E-state index in [9.17, 15) is 13.2 Å². The van der Waals surface area contributed by atoms with Crippen LogP contribution >= 0.6 is 0 Å². The van der Waals surface area contributed by atoms with Gasteiger partial charge >= 0.3 is 0 Å². The van der Waals surface area contributed by atoms with Crippen LogP contribution in [0.25, 0.3) is 0 Å². The molecule has 1 aromatic heterocycles. The average Bonchev–Trinajstić information content (AvgIpc) is 2.90. The van der Waals surface area contributed by atoms with Crippen LogP contribution in [-0.2, 0) is 27.8 Å². The van der Waals surface area contributed by atoms with Gasteiger partial charge in [0.2, 0.25) is 15.9 Å². The van der Waals surface area contributed by atoms with Crippen molar-refractivity contribution in [1.82, 2.24) is 14.1 Å². The molecule has 0 radical (unpaired) electrons. The third-order valence-corrected chi connectivity index (χ3v) is 6.89. The Hall–Kier alpha value is -2.19. The molecule has 0 aliphatic rings. The predicted molar refractivity (Wildman–Crippen MR) is 106 cm³/mol. The maximum atomic E-state index is 12.9. The standard InChI is InChI=1S/C19H28N4O3S/c1-6-16-11-9-10-12-17(16)20-18(24)13-23-15(5)19(14(4)21-23)27(25,26)22(7-2)8-3/h9-12H,6-8,13H2,1-5H3,(H,20,24). The number of hydrogen-bond acceptors (Lipinski definition) is 4. The summed E-state index contributed by atoms with van der Waals surface area (Å²) in [6.07, 6.45) is 0.808. The molecule has 2 rings (SSSR count). The van der Waals surface area contributed by atoms with Gasteiger partial charge < -0.3 is 5.32 Å². The number of anilines is 1. The topological polar surface area (TPSA) is 84.3 Å². The van der Waals surface area contributed by atoms with E-state index < -0.39 is 10.0 Å². The maximum Gasteiger partial charge on any atom is 0.246 e. The van der Waals surface area contributed by atoms with Crippen LogP contribution in [0.1, 0.15) is 37.7 Å². The molecule has 0 spiro atoms. The Labute approximate surface area is 161 Å². The molecule has 7 nitrogen and oxygen atoms in total. The number of aryl methyl sites for hydroxylation is 2. The van der Waals surface area contributed by atoms with Crippen molar-refractivity contribution in [3.05, 3.63) is 41.2 Å². The van der Waals surface area contributed by atoms with Crippen LogP contribution in [0.5, 0.6) is 0 Å². The van der Waals surface area contributed by atoms with Crippen LogP contribution < -0.4 is 5.32 Å². The molecule has 1 N–H and O–H groups in total. The lowest BCUT2D eigenvalue weighted by Gasteiger charge is -2.18. The highest BCUT2D eigenvalue weighted by Gasteiger charge is 2.29. The molecule has 0 saturated heterocycles. The van der Waals surface area contributed by atoms with Gasteiger partial charge in [0.25, 0.3) is 0 Å². The van der Waals surface area contributed by atoms with Crippen molar-refractivity contribution >= 4 is 21.6 Å². The molecule has 1 amide bonds.